The van der Waals surface area contributed by atoms with Gasteiger partial charge < -0.3 is 15.4 Å². The first kappa shape index (κ1) is 16.3. The quantitative estimate of drug-likeness (QED) is 0.895. The van der Waals surface area contributed by atoms with Crippen molar-refractivity contribution < 1.29 is 14.3 Å². The highest BCUT2D eigenvalue weighted by Crippen LogP contribution is 2.30. The number of hydrogen-bond donors (Lipinski definition) is 2. The molecule has 24 heavy (non-hydrogen) atoms. The molecular formula is C18H17ClN2O3. The van der Waals surface area contributed by atoms with Crippen molar-refractivity contribution in [3.63, 3.8) is 0 Å². The summed E-state index contributed by atoms with van der Waals surface area (Å²) in [6, 6.07) is 12.4. The molecule has 0 bridgehead atoms. The van der Waals surface area contributed by atoms with Gasteiger partial charge in [0.05, 0.1) is 5.92 Å². The number of rotatable bonds is 3. The molecule has 0 radical (unpaired) electrons. The Bertz CT molecular complexity index is 774. The predicted molar refractivity (Wildman–Crippen MR) is 93.5 cm³/mol. The van der Waals surface area contributed by atoms with Crippen LogP contribution in [-0.2, 0) is 16.0 Å². The number of nitrogens with one attached hydrogen (secondary N) is 2. The van der Waals surface area contributed by atoms with Crippen LogP contribution in [0.5, 0.6) is 5.75 Å². The maximum absolute atomic E-state index is 12.4. The molecule has 5 nitrogen and oxygen atoms in total. The predicted octanol–water partition coefficient (Wildman–Crippen LogP) is 3.49. The molecular weight excluding hydrogens is 328 g/mol. The highest BCUT2D eigenvalue weighted by molar-refractivity contribution is 6.30. The topological polar surface area (TPSA) is 67.4 Å². The van der Waals surface area contributed by atoms with Gasteiger partial charge in [0.1, 0.15) is 12.4 Å². The van der Waals surface area contributed by atoms with Gasteiger partial charge in [-0.2, -0.15) is 0 Å². The second-order valence-corrected chi connectivity index (χ2v) is 6.15. The number of ether oxygens (including phenoxy) is 1. The van der Waals surface area contributed by atoms with Gasteiger partial charge in [-0.15, -0.1) is 0 Å². The number of amides is 2. The number of carbonyl (C=O) groups excluding carboxylic acids is 2. The Hall–Kier alpha value is -2.53. The zero-order valence-electron chi connectivity index (χ0n) is 13.1. The molecule has 6 heteroatoms. The van der Waals surface area contributed by atoms with Crippen LogP contribution >= 0.6 is 11.6 Å². The Morgan fingerprint density at radius 1 is 1.08 bits per heavy atom. The van der Waals surface area contributed by atoms with Crippen LogP contribution in [0.25, 0.3) is 0 Å². The Morgan fingerprint density at radius 2 is 1.75 bits per heavy atom. The number of fused-ring (bicyclic) bond motifs is 1. The van der Waals surface area contributed by atoms with Gasteiger partial charge in [-0.25, -0.2) is 0 Å². The minimum Gasteiger partial charge on any atom is -0.492 e. The van der Waals surface area contributed by atoms with Crippen molar-refractivity contribution >= 4 is 34.8 Å². The SMILES string of the molecule is CC(=O)Nc1ccc(NC(=O)[C@H]2COc3ccc(Cl)cc3C2)cc1. The fraction of sp³-hybridized carbons (Fsp3) is 0.222. The van der Waals surface area contributed by atoms with Crippen LogP contribution in [0.2, 0.25) is 5.02 Å². The molecule has 0 aliphatic carbocycles. The standard InChI is InChI=1S/C18H17ClN2O3/c1-11(22)20-15-3-5-16(6-4-15)21-18(23)13-8-12-9-14(19)2-7-17(12)24-10-13/h2-7,9,13H,8,10H2,1H3,(H,20,22)(H,21,23)/t13-/m1/s1. The summed E-state index contributed by atoms with van der Waals surface area (Å²) in [5, 5.41) is 6.19. The minimum atomic E-state index is -0.272. The lowest BCUT2D eigenvalue weighted by Gasteiger charge is -2.24. The van der Waals surface area contributed by atoms with Crippen LogP contribution in [0.4, 0.5) is 11.4 Å². The zero-order chi connectivity index (χ0) is 17.1. The molecule has 0 unspecified atom stereocenters. The van der Waals surface area contributed by atoms with Crippen molar-refractivity contribution in [2.24, 2.45) is 5.92 Å². The van der Waals surface area contributed by atoms with E-state index in [9.17, 15) is 9.59 Å². The van der Waals surface area contributed by atoms with Crippen LogP contribution in [0.15, 0.2) is 42.5 Å². The molecule has 2 amide bonds. The molecule has 124 valence electrons. The highest BCUT2D eigenvalue weighted by atomic mass is 35.5. The third kappa shape index (κ3) is 3.86. The van der Waals surface area contributed by atoms with E-state index in [-0.39, 0.29) is 17.7 Å². The van der Waals surface area contributed by atoms with Crippen molar-refractivity contribution in [1.82, 2.24) is 0 Å². The molecule has 0 saturated carbocycles. The Labute approximate surface area is 145 Å². The van der Waals surface area contributed by atoms with E-state index in [1.54, 1.807) is 30.3 Å². The Balaban J connectivity index is 1.64. The highest BCUT2D eigenvalue weighted by Gasteiger charge is 2.26. The zero-order valence-corrected chi connectivity index (χ0v) is 13.9. The molecule has 1 aliphatic heterocycles. The van der Waals surface area contributed by atoms with E-state index < -0.39 is 0 Å². The van der Waals surface area contributed by atoms with E-state index in [4.69, 9.17) is 16.3 Å². The van der Waals surface area contributed by atoms with Crippen molar-refractivity contribution in [2.75, 3.05) is 17.2 Å². The second kappa shape index (κ2) is 6.93. The van der Waals surface area contributed by atoms with Crippen molar-refractivity contribution in [3.8, 4) is 5.75 Å². The maximum Gasteiger partial charge on any atom is 0.231 e. The molecule has 0 aromatic heterocycles. The fourth-order valence-electron chi connectivity index (χ4n) is 2.62. The number of halogens is 1. The van der Waals surface area contributed by atoms with Gasteiger partial charge in [-0.05, 0) is 54.4 Å². The fourth-order valence-corrected chi connectivity index (χ4v) is 2.81. The number of carbonyl (C=O) groups is 2. The molecule has 1 heterocycles. The van der Waals surface area contributed by atoms with E-state index >= 15 is 0 Å². The number of hydrogen-bond acceptors (Lipinski definition) is 3. The summed E-state index contributed by atoms with van der Waals surface area (Å²) in [5.41, 5.74) is 2.30. The van der Waals surface area contributed by atoms with Crippen LogP contribution in [0.3, 0.4) is 0 Å². The van der Waals surface area contributed by atoms with Crippen LogP contribution in [-0.4, -0.2) is 18.4 Å². The Kier molecular flexibility index (Phi) is 4.71. The molecule has 1 aliphatic rings. The van der Waals surface area contributed by atoms with Gasteiger partial charge in [0.15, 0.2) is 0 Å². The van der Waals surface area contributed by atoms with E-state index in [0.29, 0.717) is 29.4 Å². The summed E-state index contributed by atoms with van der Waals surface area (Å²) < 4.78 is 5.65. The molecule has 0 fully saturated rings. The summed E-state index contributed by atoms with van der Waals surface area (Å²) in [5.74, 6) is 0.269. The summed E-state index contributed by atoms with van der Waals surface area (Å²) >= 11 is 6.00. The second-order valence-electron chi connectivity index (χ2n) is 5.71. The molecule has 1 atom stereocenters. The van der Waals surface area contributed by atoms with E-state index in [1.165, 1.54) is 6.92 Å². The molecule has 0 spiro atoms. The van der Waals surface area contributed by atoms with Gasteiger partial charge in [0.25, 0.3) is 0 Å². The summed E-state index contributed by atoms with van der Waals surface area (Å²) in [6.45, 7) is 1.79. The van der Waals surface area contributed by atoms with Crippen LogP contribution in [0.1, 0.15) is 12.5 Å². The van der Waals surface area contributed by atoms with E-state index in [1.807, 2.05) is 12.1 Å². The summed E-state index contributed by atoms with van der Waals surface area (Å²) in [6.07, 6.45) is 0.589. The van der Waals surface area contributed by atoms with Gasteiger partial charge in [-0.1, -0.05) is 11.6 Å². The van der Waals surface area contributed by atoms with Crippen molar-refractivity contribution in [1.29, 1.82) is 0 Å². The maximum atomic E-state index is 12.4. The monoisotopic (exact) mass is 344 g/mol. The van der Waals surface area contributed by atoms with Gasteiger partial charge >= 0.3 is 0 Å². The minimum absolute atomic E-state index is 0.104. The lowest BCUT2D eigenvalue weighted by atomic mass is 9.96. The largest absolute Gasteiger partial charge is 0.492 e. The summed E-state index contributed by atoms with van der Waals surface area (Å²) in [4.78, 5) is 23.4. The van der Waals surface area contributed by atoms with Crippen molar-refractivity contribution in [2.45, 2.75) is 13.3 Å². The molecule has 2 N–H and O–H groups in total. The van der Waals surface area contributed by atoms with Gasteiger partial charge in [0, 0.05) is 23.3 Å². The van der Waals surface area contributed by atoms with Crippen LogP contribution in [0, 0.1) is 5.92 Å². The smallest absolute Gasteiger partial charge is 0.231 e. The average Bonchev–Trinajstić information content (AvgIpc) is 2.55. The normalized spacial score (nSPS) is 15.8. The lowest BCUT2D eigenvalue weighted by molar-refractivity contribution is -0.121. The molecule has 3 rings (SSSR count). The number of benzene rings is 2. The first-order valence-electron chi connectivity index (χ1n) is 7.61. The molecule has 2 aromatic carbocycles. The average molecular weight is 345 g/mol. The Morgan fingerprint density at radius 3 is 2.42 bits per heavy atom. The van der Waals surface area contributed by atoms with E-state index in [0.717, 1.165) is 11.3 Å². The third-order valence-electron chi connectivity index (χ3n) is 3.77. The van der Waals surface area contributed by atoms with E-state index in [2.05, 4.69) is 10.6 Å². The van der Waals surface area contributed by atoms with Crippen molar-refractivity contribution in [3.05, 3.63) is 53.1 Å². The van der Waals surface area contributed by atoms with Gasteiger partial charge in [-0.3, -0.25) is 9.59 Å². The van der Waals surface area contributed by atoms with Gasteiger partial charge in [0.2, 0.25) is 11.8 Å². The molecule has 2 aromatic rings. The molecule has 0 saturated heterocycles. The lowest BCUT2D eigenvalue weighted by Crippen LogP contribution is -2.32. The first-order chi connectivity index (χ1) is 11.5. The third-order valence-corrected chi connectivity index (χ3v) is 4.01. The first-order valence-corrected chi connectivity index (χ1v) is 7.99. The van der Waals surface area contributed by atoms with Crippen LogP contribution < -0.4 is 15.4 Å². The summed E-state index contributed by atoms with van der Waals surface area (Å²) in [7, 11) is 0. The number of anilines is 2.